The van der Waals surface area contributed by atoms with Gasteiger partial charge in [0.15, 0.2) is 0 Å². The summed E-state index contributed by atoms with van der Waals surface area (Å²) in [5.74, 6) is 2.26. The molecule has 25 heavy (non-hydrogen) atoms. The summed E-state index contributed by atoms with van der Waals surface area (Å²) in [6, 6.07) is 11.8. The molecule has 0 spiro atoms. The lowest BCUT2D eigenvalue weighted by Crippen LogP contribution is -2.24. The van der Waals surface area contributed by atoms with E-state index in [1.165, 1.54) is 24.6 Å². The Morgan fingerprint density at radius 1 is 1.20 bits per heavy atom. The number of nitrogens with one attached hydrogen (secondary N) is 1. The van der Waals surface area contributed by atoms with Crippen LogP contribution >= 0.6 is 11.8 Å². The molecule has 1 aromatic carbocycles. The number of ether oxygens (including phenoxy) is 1. The molecule has 1 saturated heterocycles. The molecule has 5 nitrogen and oxygen atoms in total. The fourth-order valence-electron chi connectivity index (χ4n) is 2.73. The number of thioether (sulfide) groups is 1. The molecule has 6 heteroatoms. The van der Waals surface area contributed by atoms with Crippen LogP contribution in [0.4, 0.5) is 5.82 Å². The van der Waals surface area contributed by atoms with Crippen molar-refractivity contribution in [3.05, 3.63) is 48.2 Å². The molecule has 1 N–H and O–H groups in total. The van der Waals surface area contributed by atoms with Crippen LogP contribution in [0.25, 0.3) is 0 Å². The van der Waals surface area contributed by atoms with Crippen LogP contribution in [0.15, 0.2) is 47.5 Å². The third-order valence-corrected chi connectivity index (χ3v) is 5.17. The van der Waals surface area contributed by atoms with E-state index in [2.05, 4.69) is 15.2 Å². The van der Waals surface area contributed by atoms with Crippen molar-refractivity contribution in [2.24, 2.45) is 0 Å². The standard InChI is InChI=1S/C19H23N3O2S/c1-24-16-5-7-17(8-6-16)25-14-19(23)21-13-15-4-9-18(20-12-15)22-10-2-3-11-22/h4-9,12H,2-3,10-11,13-14H2,1H3,(H,21,23). The van der Waals surface area contributed by atoms with E-state index < -0.39 is 0 Å². The van der Waals surface area contributed by atoms with Crippen LogP contribution in [-0.2, 0) is 11.3 Å². The minimum Gasteiger partial charge on any atom is -0.497 e. The zero-order valence-electron chi connectivity index (χ0n) is 14.4. The Kier molecular flexibility index (Phi) is 6.17. The molecule has 1 aromatic heterocycles. The van der Waals surface area contributed by atoms with Crippen molar-refractivity contribution in [3.63, 3.8) is 0 Å². The number of rotatable bonds is 7. The molecule has 1 amide bonds. The van der Waals surface area contributed by atoms with Crippen LogP contribution in [0, 0.1) is 0 Å². The third-order valence-electron chi connectivity index (χ3n) is 4.16. The van der Waals surface area contributed by atoms with Crippen molar-refractivity contribution in [2.75, 3.05) is 30.9 Å². The van der Waals surface area contributed by atoms with Gasteiger partial charge in [0.05, 0.1) is 12.9 Å². The van der Waals surface area contributed by atoms with Crippen molar-refractivity contribution < 1.29 is 9.53 Å². The molecule has 0 bridgehead atoms. The molecule has 132 valence electrons. The van der Waals surface area contributed by atoms with E-state index in [1.807, 2.05) is 42.6 Å². The van der Waals surface area contributed by atoms with Gasteiger partial charge in [-0.1, -0.05) is 6.07 Å². The van der Waals surface area contributed by atoms with E-state index in [0.717, 1.165) is 35.1 Å². The van der Waals surface area contributed by atoms with Gasteiger partial charge < -0.3 is 15.0 Å². The van der Waals surface area contributed by atoms with Gasteiger partial charge in [-0.2, -0.15) is 0 Å². The Bertz CT molecular complexity index is 683. The number of hydrogen-bond donors (Lipinski definition) is 1. The Balaban J connectivity index is 1.42. The van der Waals surface area contributed by atoms with Crippen molar-refractivity contribution in [1.82, 2.24) is 10.3 Å². The van der Waals surface area contributed by atoms with E-state index in [4.69, 9.17) is 4.74 Å². The summed E-state index contributed by atoms with van der Waals surface area (Å²) in [5.41, 5.74) is 1.02. The lowest BCUT2D eigenvalue weighted by Gasteiger charge is -2.16. The van der Waals surface area contributed by atoms with Gasteiger partial charge in [-0.05, 0) is 48.7 Å². The average molecular weight is 357 g/mol. The number of anilines is 1. The number of hydrogen-bond acceptors (Lipinski definition) is 5. The SMILES string of the molecule is COc1ccc(SCC(=O)NCc2ccc(N3CCCC3)nc2)cc1. The van der Waals surface area contributed by atoms with Gasteiger partial charge in [0.1, 0.15) is 11.6 Å². The minimum atomic E-state index is 0.0180. The van der Waals surface area contributed by atoms with Gasteiger partial charge in [0.2, 0.25) is 5.91 Å². The maximum Gasteiger partial charge on any atom is 0.230 e. The summed E-state index contributed by atoms with van der Waals surface area (Å²) in [5, 5.41) is 2.94. The Morgan fingerprint density at radius 3 is 2.60 bits per heavy atom. The summed E-state index contributed by atoms with van der Waals surface area (Å²) in [7, 11) is 1.64. The quantitative estimate of drug-likeness (QED) is 0.772. The molecule has 1 aliphatic rings. The lowest BCUT2D eigenvalue weighted by atomic mass is 10.2. The van der Waals surface area contributed by atoms with E-state index >= 15 is 0 Å². The first kappa shape index (κ1) is 17.6. The molecular formula is C19H23N3O2S. The van der Waals surface area contributed by atoms with E-state index in [1.54, 1.807) is 7.11 Å². The van der Waals surface area contributed by atoms with Crippen LogP contribution in [0.1, 0.15) is 18.4 Å². The van der Waals surface area contributed by atoms with E-state index in [9.17, 15) is 4.79 Å². The summed E-state index contributed by atoms with van der Waals surface area (Å²) in [6.45, 7) is 2.69. The first-order valence-electron chi connectivity index (χ1n) is 8.48. The molecule has 2 heterocycles. The molecule has 1 aliphatic heterocycles. The van der Waals surface area contributed by atoms with Gasteiger partial charge in [0, 0.05) is 30.7 Å². The van der Waals surface area contributed by atoms with Gasteiger partial charge >= 0.3 is 0 Å². The Hall–Kier alpha value is -2.21. The van der Waals surface area contributed by atoms with Crippen molar-refractivity contribution >= 4 is 23.5 Å². The Morgan fingerprint density at radius 2 is 1.96 bits per heavy atom. The second-order valence-electron chi connectivity index (χ2n) is 5.96. The van der Waals surface area contributed by atoms with E-state index in [-0.39, 0.29) is 5.91 Å². The first-order chi connectivity index (χ1) is 12.2. The maximum absolute atomic E-state index is 12.0. The summed E-state index contributed by atoms with van der Waals surface area (Å²) < 4.78 is 5.13. The number of carbonyl (C=O) groups is 1. The average Bonchev–Trinajstić information content (AvgIpc) is 3.20. The minimum absolute atomic E-state index is 0.0180. The van der Waals surface area contributed by atoms with Gasteiger partial charge in [-0.3, -0.25) is 4.79 Å². The summed E-state index contributed by atoms with van der Waals surface area (Å²) in [6.07, 6.45) is 4.33. The van der Waals surface area contributed by atoms with Crippen molar-refractivity contribution in [3.8, 4) is 5.75 Å². The number of carbonyl (C=O) groups excluding carboxylic acids is 1. The molecular weight excluding hydrogens is 334 g/mol. The number of nitrogens with zero attached hydrogens (tertiary/aromatic N) is 2. The second-order valence-corrected chi connectivity index (χ2v) is 7.01. The molecule has 0 unspecified atom stereocenters. The monoisotopic (exact) mass is 357 g/mol. The number of amides is 1. The highest BCUT2D eigenvalue weighted by atomic mass is 32.2. The zero-order valence-corrected chi connectivity index (χ0v) is 15.2. The van der Waals surface area contributed by atoms with Crippen molar-refractivity contribution in [2.45, 2.75) is 24.3 Å². The smallest absolute Gasteiger partial charge is 0.230 e. The van der Waals surface area contributed by atoms with Crippen LogP contribution in [0.2, 0.25) is 0 Å². The van der Waals surface area contributed by atoms with Gasteiger partial charge in [-0.15, -0.1) is 11.8 Å². The van der Waals surface area contributed by atoms with Gasteiger partial charge in [0.25, 0.3) is 0 Å². The second kappa shape index (κ2) is 8.76. The molecule has 0 radical (unpaired) electrons. The van der Waals surface area contributed by atoms with Crippen LogP contribution < -0.4 is 15.0 Å². The summed E-state index contributed by atoms with van der Waals surface area (Å²) >= 11 is 1.51. The zero-order chi connectivity index (χ0) is 17.5. The Labute approximate surface area is 152 Å². The number of pyridine rings is 1. The molecule has 0 aliphatic carbocycles. The van der Waals surface area contributed by atoms with Crippen LogP contribution in [0.5, 0.6) is 5.75 Å². The lowest BCUT2D eigenvalue weighted by molar-refractivity contribution is -0.118. The number of aromatic nitrogens is 1. The fourth-order valence-corrected chi connectivity index (χ4v) is 3.46. The predicted molar refractivity (Wildman–Crippen MR) is 101 cm³/mol. The summed E-state index contributed by atoms with van der Waals surface area (Å²) in [4.78, 5) is 19.9. The first-order valence-corrected chi connectivity index (χ1v) is 9.46. The normalized spacial score (nSPS) is 13.7. The topological polar surface area (TPSA) is 54.5 Å². The van der Waals surface area contributed by atoms with Crippen molar-refractivity contribution in [1.29, 1.82) is 0 Å². The molecule has 2 aromatic rings. The highest BCUT2D eigenvalue weighted by molar-refractivity contribution is 8.00. The number of benzene rings is 1. The van der Waals surface area contributed by atoms with Crippen LogP contribution in [-0.4, -0.2) is 36.8 Å². The molecule has 1 fully saturated rings. The highest BCUT2D eigenvalue weighted by Crippen LogP contribution is 2.21. The van der Waals surface area contributed by atoms with E-state index in [0.29, 0.717) is 12.3 Å². The van der Waals surface area contributed by atoms with Gasteiger partial charge in [-0.25, -0.2) is 4.98 Å². The fraction of sp³-hybridized carbons (Fsp3) is 0.368. The molecule has 0 atom stereocenters. The van der Waals surface area contributed by atoms with Crippen LogP contribution in [0.3, 0.4) is 0 Å². The third kappa shape index (κ3) is 5.13. The number of methoxy groups -OCH3 is 1. The highest BCUT2D eigenvalue weighted by Gasteiger charge is 2.13. The maximum atomic E-state index is 12.0. The largest absolute Gasteiger partial charge is 0.497 e. The predicted octanol–water partition coefficient (Wildman–Crippen LogP) is 3.10. The molecule has 3 rings (SSSR count). The molecule has 0 saturated carbocycles.